The van der Waals surface area contributed by atoms with E-state index in [4.69, 9.17) is 11.6 Å². The van der Waals surface area contributed by atoms with Crippen LogP contribution in [0.2, 0.25) is 5.02 Å². The van der Waals surface area contributed by atoms with Crippen molar-refractivity contribution in [2.75, 3.05) is 0 Å². The molecular weight excluding hydrogens is 251 g/mol. The topological polar surface area (TPSA) is 17.1 Å². The van der Waals surface area contributed by atoms with Crippen LogP contribution in [0.15, 0.2) is 22.7 Å². The van der Waals surface area contributed by atoms with Gasteiger partial charge in [0.05, 0.1) is 0 Å². The Balaban J connectivity index is 2.64. The first-order chi connectivity index (χ1) is 6.24. The molecular formula is C10H10BrClO. The Morgan fingerprint density at radius 2 is 2.23 bits per heavy atom. The van der Waals surface area contributed by atoms with Gasteiger partial charge in [-0.05, 0) is 36.6 Å². The highest BCUT2D eigenvalue weighted by molar-refractivity contribution is 9.10. The molecule has 1 nitrogen and oxygen atoms in total. The summed E-state index contributed by atoms with van der Waals surface area (Å²) in [6, 6.07) is 5.76. The van der Waals surface area contributed by atoms with E-state index >= 15 is 0 Å². The van der Waals surface area contributed by atoms with Crippen molar-refractivity contribution >= 4 is 33.8 Å². The molecule has 0 saturated heterocycles. The van der Waals surface area contributed by atoms with E-state index in [-0.39, 0.29) is 0 Å². The lowest BCUT2D eigenvalue weighted by atomic mass is 10.1. The molecule has 0 N–H and O–H groups in total. The predicted octanol–water partition coefficient (Wildman–Crippen LogP) is 3.62. The smallest absolute Gasteiger partial charge is 0.120 e. The molecule has 3 heteroatoms. The van der Waals surface area contributed by atoms with Gasteiger partial charge in [0.1, 0.15) is 6.29 Å². The number of hydrogen-bond donors (Lipinski definition) is 0. The van der Waals surface area contributed by atoms with Crippen LogP contribution in [0, 0.1) is 0 Å². The van der Waals surface area contributed by atoms with Gasteiger partial charge in [-0.25, -0.2) is 0 Å². The number of hydrogen-bond acceptors (Lipinski definition) is 1. The predicted molar refractivity (Wildman–Crippen MR) is 58.2 cm³/mol. The van der Waals surface area contributed by atoms with Gasteiger partial charge in [-0.15, -0.1) is 0 Å². The molecule has 0 aliphatic rings. The quantitative estimate of drug-likeness (QED) is 0.597. The van der Waals surface area contributed by atoms with Gasteiger partial charge in [-0.1, -0.05) is 27.5 Å². The lowest BCUT2D eigenvalue weighted by molar-refractivity contribution is -0.107. The fourth-order valence-electron chi connectivity index (χ4n) is 1.11. The monoisotopic (exact) mass is 260 g/mol. The van der Waals surface area contributed by atoms with E-state index in [0.29, 0.717) is 6.42 Å². The van der Waals surface area contributed by atoms with E-state index in [1.807, 2.05) is 18.2 Å². The molecule has 0 amide bonds. The zero-order chi connectivity index (χ0) is 9.68. The van der Waals surface area contributed by atoms with Crippen LogP contribution in [-0.2, 0) is 11.2 Å². The summed E-state index contributed by atoms with van der Waals surface area (Å²) in [5, 5.41) is 0.772. The number of carbonyl (C=O) groups excluding carboxylic acids is 1. The third-order valence-corrected chi connectivity index (χ3v) is 2.64. The van der Waals surface area contributed by atoms with Crippen molar-refractivity contribution in [2.24, 2.45) is 0 Å². The standard InChI is InChI=1S/C10H10BrClO/c11-9-4-5-10(12)8(7-9)3-1-2-6-13/h4-7H,1-3H2. The van der Waals surface area contributed by atoms with Gasteiger partial charge in [0, 0.05) is 15.9 Å². The lowest BCUT2D eigenvalue weighted by Crippen LogP contribution is -1.87. The maximum atomic E-state index is 10.1. The number of halogens is 2. The van der Waals surface area contributed by atoms with Crippen molar-refractivity contribution in [2.45, 2.75) is 19.3 Å². The minimum atomic E-state index is 0.600. The first-order valence-electron chi connectivity index (χ1n) is 4.11. The highest BCUT2D eigenvalue weighted by atomic mass is 79.9. The highest BCUT2D eigenvalue weighted by Crippen LogP contribution is 2.22. The zero-order valence-corrected chi connectivity index (χ0v) is 9.44. The van der Waals surface area contributed by atoms with Crippen LogP contribution in [-0.4, -0.2) is 6.29 Å². The molecule has 70 valence electrons. The van der Waals surface area contributed by atoms with Crippen molar-refractivity contribution in [1.29, 1.82) is 0 Å². The Morgan fingerprint density at radius 1 is 1.46 bits per heavy atom. The van der Waals surface area contributed by atoms with Gasteiger partial charge in [0.25, 0.3) is 0 Å². The van der Waals surface area contributed by atoms with E-state index in [0.717, 1.165) is 34.2 Å². The van der Waals surface area contributed by atoms with Crippen LogP contribution in [0.1, 0.15) is 18.4 Å². The summed E-state index contributed by atoms with van der Waals surface area (Å²) in [7, 11) is 0. The Kier molecular flexibility index (Phi) is 4.46. The fourth-order valence-corrected chi connectivity index (χ4v) is 1.73. The Bertz CT molecular complexity index is 299. The fraction of sp³-hybridized carbons (Fsp3) is 0.300. The Labute approximate surface area is 91.2 Å². The summed E-state index contributed by atoms with van der Waals surface area (Å²) in [5.74, 6) is 0. The summed E-state index contributed by atoms with van der Waals surface area (Å²) < 4.78 is 1.03. The molecule has 0 unspecified atom stereocenters. The average molecular weight is 262 g/mol. The average Bonchev–Trinajstić information content (AvgIpc) is 2.11. The van der Waals surface area contributed by atoms with Crippen molar-refractivity contribution in [1.82, 2.24) is 0 Å². The van der Waals surface area contributed by atoms with Crippen molar-refractivity contribution in [3.05, 3.63) is 33.3 Å². The van der Waals surface area contributed by atoms with Gasteiger partial charge in [-0.2, -0.15) is 0 Å². The molecule has 1 aromatic rings. The molecule has 13 heavy (non-hydrogen) atoms. The number of rotatable bonds is 4. The maximum absolute atomic E-state index is 10.1. The minimum absolute atomic E-state index is 0.600. The van der Waals surface area contributed by atoms with E-state index in [1.165, 1.54) is 0 Å². The largest absolute Gasteiger partial charge is 0.303 e. The highest BCUT2D eigenvalue weighted by Gasteiger charge is 2.00. The molecule has 1 aromatic carbocycles. The summed E-state index contributed by atoms with van der Waals surface area (Å²) in [4.78, 5) is 10.1. The summed E-state index contributed by atoms with van der Waals surface area (Å²) in [5.41, 5.74) is 1.10. The van der Waals surface area contributed by atoms with Crippen molar-refractivity contribution in [3.63, 3.8) is 0 Å². The molecule has 0 bridgehead atoms. The minimum Gasteiger partial charge on any atom is -0.303 e. The van der Waals surface area contributed by atoms with E-state index in [9.17, 15) is 4.79 Å². The van der Waals surface area contributed by atoms with Crippen molar-refractivity contribution in [3.8, 4) is 0 Å². The first kappa shape index (κ1) is 10.7. The zero-order valence-electron chi connectivity index (χ0n) is 7.09. The molecule has 0 aliphatic heterocycles. The molecule has 0 atom stereocenters. The van der Waals surface area contributed by atoms with Crippen LogP contribution in [0.5, 0.6) is 0 Å². The number of unbranched alkanes of at least 4 members (excludes halogenated alkanes) is 1. The van der Waals surface area contributed by atoms with Gasteiger partial charge in [0.15, 0.2) is 0 Å². The Morgan fingerprint density at radius 3 is 2.92 bits per heavy atom. The van der Waals surface area contributed by atoms with Gasteiger partial charge < -0.3 is 4.79 Å². The Hall–Kier alpha value is -0.340. The molecule has 0 saturated carbocycles. The molecule has 0 spiro atoms. The second-order valence-electron chi connectivity index (χ2n) is 2.79. The molecule has 0 fully saturated rings. The third-order valence-electron chi connectivity index (χ3n) is 1.78. The summed E-state index contributed by atoms with van der Waals surface area (Å²) in [6.07, 6.45) is 3.26. The summed E-state index contributed by atoms with van der Waals surface area (Å²) >= 11 is 9.34. The molecule has 0 heterocycles. The number of carbonyl (C=O) groups is 1. The van der Waals surface area contributed by atoms with E-state index in [1.54, 1.807) is 0 Å². The lowest BCUT2D eigenvalue weighted by Gasteiger charge is -2.02. The van der Waals surface area contributed by atoms with Gasteiger partial charge in [0.2, 0.25) is 0 Å². The summed E-state index contributed by atoms with van der Waals surface area (Å²) in [6.45, 7) is 0. The van der Waals surface area contributed by atoms with Crippen LogP contribution >= 0.6 is 27.5 Å². The molecule has 0 aliphatic carbocycles. The second-order valence-corrected chi connectivity index (χ2v) is 4.12. The van der Waals surface area contributed by atoms with Crippen LogP contribution in [0.4, 0.5) is 0 Å². The van der Waals surface area contributed by atoms with E-state index in [2.05, 4.69) is 15.9 Å². The molecule has 1 rings (SSSR count). The van der Waals surface area contributed by atoms with Gasteiger partial charge in [-0.3, -0.25) is 0 Å². The van der Waals surface area contributed by atoms with Crippen LogP contribution in [0.3, 0.4) is 0 Å². The molecule has 0 aromatic heterocycles. The molecule has 0 radical (unpaired) electrons. The number of aryl methyl sites for hydroxylation is 1. The van der Waals surface area contributed by atoms with Gasteiger partial charge >= 0.3 is 0 Å². The SMILES string of the molecule is O=CCCCc1cc(Br)ccc1Cl. The van der Waals surface area contributed by atoms with Crippen molar-refractivity contribution < 1.29 is 4.79 Å². The second kappa shape index (κ2) is 5.40. The first-order valence-corrected chi connectivity index (χ1v) is 5.28. The number of benzene rings is 1. The van der Waals surface area contributed by atoms with Crippen LogP contribution in [0.25, 0.3) is 0 Å². The normalized spacial score (nSPS) is 10.0. The maximum Gasteiger partial charge on any atom is 0.120 e. The third kappa shape index (κ3) is 3.49. The number of aldehydes is 1. The van der Waals surface area contributed by atoms with E-state index < -0.39 is 0 Å². The van der Waals surface area contributed by atoms with Crippen LogP contribution < -0.4 is 0 Å².